The third kappa shape index (κ3) is 2.68. The Labute approximate surface area is 145 Å². The van der Waals surface area contributed by atoms with Crippen molar-refractivity contribution in [1.29, 1.82) is 0 Å². The first-order valence-electron chi connectivity index (χ1n) is 8.31. The van der Waals surface area contributed by atoms with Crippen molar-refractivity contribution in [3.63, 3.8) is 0 Å². The van der Waals surface area contributed by atoms with Gasteiger partial charge in [-0.1, -0.05) is 23.2 Å². The van der Waals surface area contributed by atoms with Crippen molar-refractivity contribution in [3.8, 4) is 23.0 Å². The van der Waals surface area contributed by atoms with Crippen LogP contribution in [0.15, 0.2) is 28.8 Å². The maximum Gasteiger partial charge on any atom is 0.280 e. The molecule has 1 aromatic carbocycles. The lowest BCUT2D eigenvalue weighted by atomic mass is 9.99. The molecule has 2 N–H and O–H groups in total. The van der Waals surface area contributed by atoms with Crippen molar-refractivity contribution in [1.82, 2.24) is 25.1 Å². The van der Waals surface area contributed by atoms with Crippen molar-refractivity contribution in [2.75, 3.05) is 7.11 Å². The first-order chi connectivity index (χ1) is 12.1. The Morgan fingerprint density at radius 2 is 1.92 bits per heavy atom. The normalized spacial score (nSPS) is 16.3. The van der Waals surface area contributed by atoms with Gasteiger partial charge < -0.3 is 15.0 Å². The number of hydrogen-bond acceptors (Lipinski definition) is 7. The molecule has 8 heteroatoms. The van der Waals surface area contributed by atoms with Gasteiger partial charge in [0.25, 0.3) is 5.89 Å². The summed E-state index contributed by atoms with van der Waals surface area (Å²) in [7, 11) is 1.63. The zero-order chi connectivity index (χ0) is 17.4. The van der Waals surface area contributed by atoms with Gasteiger partial charge in [0.2, 0.25) is 0 Å². The molecule has 1 fully saturated rings. The predicted molar refractivity (Wildman–Crippen MR) is 90.3 cm³/mol. The summed E-state index contributed by atoms with van der Waals surface area (Å²) in [6.07, 6.45) is 3.94. The van der Waals surface area contributed by atoms with Crippen molar-refractivity contribution in [3.05, 3.63) is 35.8 Å². The second-order valence-corrected chi connectivity index (χ2v) is 6.42. The van der Waals surface area contributed by atoms with E-state index in [0.29, 0.717) is 17.4 Å². The number of nitrogens with two attached hydrogens (primary N) is 1. The monoisotopic (exact) mass is 340 g/mol. The molecule has 0 atom stereocenters. The Kier molecular flexibility index (Phi) is 3.76. The SMILES string of the molecule is COc1ccc(-n2nnc(-c3nc(C4(N)CCCC4)no3)c2C)cc1. The molecule has 2 heterocycles. The fourth-order valence-electron chi connectivity index (χ4n) is 3.25. The smallest absolute Gasteiger partial charge is 0.280 e. The van der Waals surface area contributed by atoms with Crippen LogP contribution in [0.3, 0.4) is 0 Å². The Bertz CT molecular complexity index is 877. The van der Waals surface area contributed by atoms with Crippen molar-refractivity contribution < 1.29 is 9.26 Å². The molecule has 1 saturated carbocycles. The van der Waals surface area contributed by atoms with Crippen LogP contribution in [0.2, 0.25) is 0 Å². The summed E-state index contributed by atoms with van der Waals surface area (Å²) in [5.74, 6) is 1.69. The molecular formula is C17H20N6O2. The molecule has 0 saturated heterocycles. The number of nitrogens with zero attached hydrogens (tertiary/aromatic N) is 5. The van der Waals surface area contributed by atoms with E-state index in [1.165, 1.54) is 0 Å². The molecule has 130 valence electrons. The van der Waals surface area contributed by atoms with Crippen LogP contribution in [0, 0.1) is 6.92 Å². The molecule has 25 heavy (non-hydrogen) atoms. The molecule has 2 aromatic heterocycles. The number of ether oxygens (including phenoxy) is 1. The molecule has 3 aromatic rings. The summed E-state index contributed by atoms with van der Waals surface area (Å²) in [4.78, 5) is 4.49. The molecule has 0 unspecified atom stereocenters. The number of aromatic nitrogens is 5. The number of benzene rings is 1. The van der Waals surface area contributed by atoms with Crippen LogP contribution in [-0.4, -0.2) is 32.2 Å². The van der Waals surface area contributed by atoms with Crippen LogP contribution in [0.4, 0.5) is 0 Å². The van der Waals surface area contributed by atoms with E-state index in [4.69, 9.17) is 15.0 Å². The fraction of sp³-hybridized carbons (Fsp3) is 0.412. The van der Waals surface area contributed by atoms with Crippen LogP contribution in [0.25, 0.3) is 17.3 Å². The Morgan fingerprint density at radius 1 is 1.20 bits per heavy atom. The van der Waals surface area contributed by atoms with Crippen LogP contribution in [0.1, 0.15) is 37.2 Å². The van der Waals surface area contributed by atoms with Crippen molar-refractivity contribution >= 4 is 0 Å². The maximum atomic E-state index is 6.40. The van der Waals surface area contributed by atoms with Crippen molar-refractivity contribution in [2.45, 2.75) is 38.1 Å². The summed E-state index contributed by atoms with van der Waals surface area (Å²) in [5, 5.41) is 12.5. The van der Waals surface area contributed by atoms with Crippen LogP contribution in [-0.2, 0) is 5.54 Å². The van der Waals surface area contributed by atoms with Gasteiger partial charge >= 0.3 is 0 Å². The van der Waals surface area contributed by atoms with Gasteiger partial charge in [0.1, 0.15) is 5.75 Å². The minimum atomic E-state index is -0.484. The van der Waals surface area contributed by atoms with E-state index in [0.717, 1.165) is 42.8 Å². The van der Waals surface area contributed by atoms with E-state index in [9.17, 15) is 0 Å². The van der Waals surface area contributed by atoms with Gasteiger partial charge in [-0.15, -0.1) is 5.10 Å². The lowest BCUT2D eigenvalue weighted by molar-refractivity contribution is 0.372. The molecule has 0 bridgehead atoms. The quantitative estimate of drug-likeness (QED) is 0.777. The molecule has 0 aliphatic heterocycles. The van der Waals surface area contributed by atoms with Gasteiger partial charge in [0.15, 0.2) is 11.5 Å². The maximum absolute atomic E-state index is 6.40. The highest BCUT2D eigenvalue weighted by Gasteiger charge is 2.36. The molecule has 1 aliphatic rings. The second kappa shape index (κ2) is 5.96. The fourth-order valence-corrected chi connectivity index (χ4v) is 3.25. The van der Waals surface area contributed by atoms with E-state index in [-0.39, 0.29) is 0 Å². The van der Waals surface area contributed by atoms with Crippen LogP contribution < -0.4 is 10.5 Å². The molecular weight excluding hydrogens is 320 g/mol. The highest BCUT2D eigenvalue weighted by atomic mass is 16.5. The van der Waals surface area contributed by atoms with Crippen molar-refractivity contribution in [2.24, 2.45) is 5.73 Å². The molecule has 0 amide bonds. The first kappa shape index (κ1) is 15.8. The van der Waals surface area contributed by atoms with Gasteiger partial charge in [-0.2, -0.15) is 4.98 Å². The third-order valence-corrected chi connectivity index (χ3v) is 4.78. The molecule has 1 aliphatic carbocycles. The zero-order valence-corrected chi connectivity index (χ0v) is 14.3. The minimum Gasteiger partial charge on any atom is -0.497 e. The second-order valence-electron chi connectivity index (χ2n) is 6.42. The van der Waals surface area contributed by atoms with E-state index in [1.54, 1.807) is 11.8 Å². The average molecular weight is 340 g/mol. The van der Waals surface area contributed by atoms with Crippen LogP contribution >= 0.6 is 0 Å². The Hall–Kier alpha value is -2.74. The van der Waals surface area contributed by atoms with Gasteiger partial charge in [-0.3, -0.25) is 0 Å². The molecule has 0 radical (unpaired) electrons. The molecule has 8 nitrogen and oxygen atoms in total. The summed E-state index contributed by atoms with van der Waals surface area (Å²) < 4.78 is 12.3. The number of rotatable bonds is 4. The van der Waals surface area contributed by atoms with Gasteiger partial charge in [0.05, 0.1) is 24.0 Å². The van der Waals surface area contributed by atoms with Gasteiger partial charge in [-0.25, -0.2) is 4.68 Å². The summed E-state index contributed by atoms with van der Waals surface area (Å²) in [6.45, 7) is 1.91. The number of hydrogen-bond donors (Lipinski definition) is 1. The number of methoxy groups -OCH3 is 1. The van der Waals surface area contributed by atoms with Crippen LogP contribution in [0.5, 0.6) is 5.75 Å². The van der Waals surface area contributed by atoms with E-state index in [2.05, 4.69) is 20.5 Å². The summed E-state index contributed by atoms with van der Waals surface area (Å²) >= 11 is 0. The lowest BCUT2D eigenvalue weighted by Crippen LogP contribution is -2.34. The summed E-state index contributed by atoms with van der Waals surface area (Å²) in [6, 6.07) is 7.58. The standard InChI is InChI=1S/C17H20N6O2/c1-11-14(15-19-16(21-25-15)17(18)9-3-4-10-17)20-22-23(11)12-5-7-13(24-2)8-6-12/h5-8H,3-4,9-10,18H2,1-2H3. The van der Waals surface area contributed by atoms with E-state index < -0.39 is 5.54 Å². The topological polar surface area (TPSA) is 105 Å². The van der Waals surface area contributed by atoms with E-state index >= 15 is 0 Å². The predicted octanol–water partition coefficient (Wildman–Crippen LogP) is 2.36. The highest BCUT2D eigenvalue weighted by molar-refractivity contribution is 5.52. The first-order valence-corrected chi connectivity index (χ1v) is 8.31. The largest absolute Gasteiger partial charge is 0.497 e. The molecule has 4 rings (SSSR count). The Morgan fingerprint density at radius 3 is 2.60 bits per heavy atom. The van der Waals surface area contributed by atoms with Gasteiger partial charge in [-0.05, 0) is 44.0 Å². The minimum absolute atomic E-state index is 0.351. The summed E-state index contributed by atoms with van der Waals surface area (Å²) in [5.41, 5.74) is 8.17. The average Bonchev–Trinajstić information content (AvgIpc) is 3.35. The Balaban J connectivity index is 1.66. The third-order valence-electron chi connectivity index (χ3n) is 4.78. The lowest BCUT2D eigenvalue weighted by Gasteiger charge is -2.17. The van der Waals surface area contributed by atoms with E-state index in [1.807, 2.05) is 31.2 Å². The highest BCUT2D eigenvalue weighted by Crippen LogP contribution is 2.35. The molecule has 0 spiro atoms. The van der Waals surface area contributed by atoms with Gasteiger partial charge in [0, 0.05) is 0 Å². The zero-order valence-electron chi connectivity index (χ0n) is 14.3.